The van der Waals surface area contributed by atoms with Crippen LogP contribution in [-0.2, 0) is 0 Å². The first-order valence-electron chi connectivity index (χ1n) is 7.16. The highest BCUT2D eigenvalue weighted by molar-refractivity contribution is 5.79. The predicted octanol–water partition coefficient (Wildman–Crippen LogP) is 3.15. The van der Waals surface area contributed by atoms with Crippen molar-refractivity contribution in [2.45, 2.75) is 25.1 Å². The lowest BCUT2D eigenvalue weighted by Gasteiger charge is -2.37. The third-order valence-electron chi connectivity index (χ3n) is 4.06. The van der Waals surface area contributed by atoms with Crippen LogP contribution in [0.3, 0.4) is 0 Å². The summed E-state index contributed by atoms with van der Waals surface area (Å²) in [5.74, 6) is 0.723. The summed E-state index contributed by atoms with van der Waals surface area (Å²) in [5, 5.41) is 13.6. The number of benzene rings is 2. The molecule has 2 aromatic carbocycles. The molecule has 3 aromatic rings. The van der Waals surface area contributed by atoms with Gasteiger partial charge in [-0.05, 0) is 24.6 Å². The molecule has 1 aromatic heterocycles. The Bertz CT molecular complexity index is 792. The lowest BCUT2D eigenvalue weighted by molar-refractivity contribution is 0.0597. The van der Waals surface area contributed by atoms with Crippen molar-refractivity contribution in [2.75, 3.05) is 5.32 Å². The normalized spacial score (nSPS) is 24.6. The van der Waals surface area contributed by atoms with Crippen LogP contribution in [0, 0.1) is 0 Å². The lowest BCUT2D eigenvalue weighted by Crippen LogP contribution is -2.42. The zero-order valence-corrected chi connectivity index (χ0v) is 11.8. The van der Waals surface area contributed by atoms with Gasteiger partial charge in [-0.25, -0.2) is 4.98 Å². The van der Waals surface area contributed by atoms with Crippen LogP contribution in [0.2, 0.25) is 0 Å². The molecule has 0 saturated heterocycles. The first kappa shape index (κ1) is 12.4. The summed E-state index contributed by atoms with van der Waals surface area (Å²) < 4.78 is 2.18. The van der Waals surface area contributed by atoms with Crippen molar-refractivity contribution in [3.63, 3.8) is 0 Å². The quantitative estimate of drug-likeness (QED) is 0.719. The molecule has 2 atom stereocenters. The van der Waals surface area contributed by atoms with Crippen molar-refractivity contribution in [2.24, 2.45) is 0 Å². The molecule has 2 unspecified atom stereocenters. The van der Waals surface area contributed by atoms with E-state index in [4.69, 9.17) is 0 Å². The molecule has 106 valence electrons. The second-order valence-corrected chi connectivity index (χ2v) is 5.82. The summed E-state index contributed by atoms with van der Waals surface area (Å²) in [6.45, 7) is 1.80. The van der Waals surface area contributed by atoms with Crippen LogP contribution >= 0.6 is 0 Å². The second kappa shape index (κ2) is 4.33. The molecule has 0 spiro atoms. The molecule has 0 aliphatic carbocycles. The van der Waals surface area contributed by atoms with Gasteiger partial charge in [0.2, 0.25) is 5.95 Å². The molecule has 2 heterocycles. The van der Waals surface area contributed by atoms with E-state index < -0.39 is 5.72 Å². The highest BCUT2D eigenvalue weighted by Crippen LogP contribution is 2.38. The Hall–Kier alpha value is -2.33. The monoisotopic (exact) mass is 279 g/mol. The number of hydrogen-bond donors (Lipinski definition) is 2. The summed E-state index contributed by atoms with van der Waals surface area (Å²) in [6.07, 6.45) is 0.602. The Morgan fingerprint density at radius 2 is 1.86 bits per heavy atom. The van der Waals surface area contributed by atoms with Crippen molar-refractivity contribution in [1.82, 2.24) is 9.55 Å². The minimum Gasteiger partial charge on any atom is -0.371 e. The highest BCUT2D eigenvalue weighted by Gasteiger charge is 2.35. The van der Waals surface area contributed by atoms with Crippen molar-refractivity contribution in [1.29, 1.82) is 0 Å². The van der Waals surface area contributed by atoms with E-state index >= 15 is 0 Å². The summed E-state index contributed by atoms with van der Waals surface area (Å²) in [6, 6.07) is 18.4. The van der Waals surface area contributed by atoms with Crippen LogP contribution in [0.25, 0.3) is 11.0 Å². The molecule has 4 heteroatoms. The number of para-hydroxylation sites is 2. The molecule has 4 rings (SSSR count). The van der Waals surface area contributed by atoms with E-state index in [0.717, 1.165) is 17.0 Å². The fourth-order valence-electron chi connectivity index (χ4n) is 3.15. The van der Waals surface area contributed by atoms with Gasteiger partial charge in [-0.2, -0.15) is 0 Å². The lowest BCUT2D eigenvalue weighted by atomic mass is 9.95. The molecule has 0 saturated carbocycles. The molecule has 1 aliphatic heterocycles. The third kappa shape index (κ3) is 1.99. The summed E-state index contributed by atoms with van der Waals surface area (Å²) in [7, 11) is 0. The standard InChI is InChI=1S/C17H17N3O/c1-17(21)11-15(12-7-3-2-4-8-12)20-14-10-6-5-9-13(14)18-16(20)19-17/h2-10,15,21H,11H2,1H3,(H,18,19). The molecule has 4 nitrogen and oxygen atoms in total. The van der Waals surface area contributed by atoms with Crippen molar-refractivity contribution < 1.29 is 5.11 Å². The Labute approximate surface area is 123 Å². The number of aliphatic hydroxyl groups is 1. The predicted molar refractivity (Wildman–Crippen MR) is 83.2 cm³/mol. The number of nitrogens with zero attached hydrogens (tertiary/aromatic N) is 2. The van der Waals surface area contributed by atoms with Crippen LogP contribution in [0.15, 0.2) is 54.6 Å². The van der Waals surface area contributed by atoms with Gasteiger partial charge in [0.15, 0.2) is 0 Å². The van der Waals surface area contributed by atoms with Gasteiger partial charge in [-0.1, -0.05) is 42.5 Å². The third-order valence-corrected chi connectivity index (χ3v) is 4.06. The van der Waals surface area contributed by atoms with Gasteiger partial charge in [-0.3, -0.25) is 0 Å². The number of fused-ring (bicyclic) bond motifs is 3. The number of anilines is 1. The molecule has 0 fully saturated rings. The summed E-state index contributed by atoms with van der Waals surface area (Å²) in [5.41, 5.74) is 2.25. The van der Waals surface area contributed by atoms with E-state index in [2.05, 4.69) is 33.1 Å². The van der Waals surface area contributed by atoms with E-state index in [0.29, 0.717) is 6.42 Å². The second-order valence-electron chi connectivity index (χ2n) is 5.82. The molecule has 2 N–H and O–H groups in total. The van der Waals surface area contributed by atoms with Crippen molar-refractivity contribution in [3.05, 3.63) is 60.2 Å². The first-order valence-corrected chi connectivity index (χ1v) is 7.16. The Morgan fingerprint density at radius 1 is 1.14 bits per heavy atom. The number of nitrogens with one attached hydrogen (secondary N) is 1. The largest absolute Gasteiger partial charge is 0.371 e. The van der Waals surface area contributed by atoms with E-state index in [1.54, 1.807) is 6.92 Å². The molecule has 0 radical (unpaired) electrons. The molecular weight excluding hydrogens is 262 g/mol. The highest BCUT2D eigenvalue weighted by atomic mass is 16.3. The average molecular weight is 279 g/mol. The SMILES string of the molecule is CC1(O)CC(c2ccccc2)n2c(nc3ccccc32)N1. The zero-order chi connectivity index (χ0) is 14.4. The van der Waals surface area contributed by atoms with Crippen LogP contribution in [0.4, 0.5) is 5.95 Å². The number of hydrogen-bond acceptors (Lipinski definition) is 3. The average Bonchev–Trinajstić information content (AvgIpc) is 2.83. The van der Waals surface area contributed by atoms with Gasteiger partial charge in [0.05, 0.1) is 17.1 Å². The smallest absolute Gasteiger partial charge is 0.206 e. The Kier molecular flexibility index (Phi) is 2.56. The van der Waals surface area contributed by atoms with E-state index in [1.165, 1.54) is 5.56 Å². The van der Waals surface area contributed by atoms with Gasteiger partial charge in [0.1, 0.15) is 5.72 Å². The number of aromatic nitrogens is 2. The Balaban J connectivity index is 1.97. The van der Waals surface area contributed by atoms with Crippen LogP contribution < -0.4 is 5.32 Å². The fraction of sp³-hybridized carbons (Fsp3) is 0.235. The van der Waals surface area contributed by atoms with Crippen LogP contribution in [0.5, 0.6) is 0 Å². The van der Waals surface area contributed by atoms with Crippen LogP contribution in [0.1, 0.15) is 24.9 Å². The number of rotatable bonds is 1. The zero-order valence-electron chi connectivity index (χ0n) is 11.8. The maximum Gasteiger partial charge on any atom is 0.206 e. The van der Waals surface area contributed by atoms with Gasteiger partial charge in [0, 0.05) is 6.42 Å². The van der Waals surface area contributed by atoms with E-state index in [-0.39, 0.29) is 6.04 Å². The summed E-state index contributed by atoms with van der Waals surface area (Å²) >= 11 is 0. The molecule has 21 heavy (non-hydrogen) atoms. The Morgan fingerprint density at radius 3 is 2.67 bits per heavy atom. The van der Waals surface area contributed by atoms with E-state index in [9.17, 15) is 5.11 Å². The van der Waals surface area contributed by atoms with Gasteiger partial charge in [0.25, 0.3) is 0 Å². The first-order chi connectivity index (χ1) is 10.1. The van der Waals surface area contributed by atoms with Crippen LogP contribution in [-0.4, -0.2) is 20.4 Å². The fourth-order valence-corrected chi connectivity index (χ4v) is 3.15. The van der Waals surface area contributed by atoms with Gasteiger partial charge < -0.3 is 15.0 Å². The summed E-state index contributed by atoms with van der Waals surface area (Å²) in [4.78, 5) is 4.62. The van der Waals surface area contributed by atoms with Crippen molar-refractivity contribution in [3.8, 4) is 0 Å². The van der Waals surface area contributed by atoms with Gasteiger partial charge in [-0.15, -0.1) is 0 Å². The molecule has 0 amide bonds. The minimum atomic E-state index is -0.960. The topological polar surface area (TPSA) is 50.1 Å². The minimum absolute atomic E-state index is 0.0739. The molecule has 0 bridgehead atoms. The molecule has 1 aliphatic rings. The van der Waals surface area contributed by atoms with Crippen molar-refractivity contribution >= 4 is 17.0 Å². The van der Waals surface area contributed by atoms with Gasteiger partial charge >= 0.3 is 0 Å². The molecular formula is C17H17N3O. The maximum atomic E-state index is 10.5. The number of imidazole rings is 1. The van der Waals surface area contributed by atoms with E-state index in [1.807, 2.05) is 36.4 Å². The maximum absolute atomic E-state index is 10.5.